The lowest BCUT2D eigenvalue weighted by Crippen LogP contribution is -2.36. The van der Waals surface area contributed by atoms with Gasteiger partial charge in [0, 0.05) is 6.04 Å². The first kappa shape index (κ1) is 18.3. The molecule has 1 aliphatic rings. The van der Waals surface area contributed by atoms with Gasteiger partial charge in [0.05, 0.1) is 0 Å². The standard InChI is InChI=1S/C19H27NO4/c1-19(2,3)14-8-10-16(11-9-14)23-13-18(22)24-12-17(21)20-15-6-4-5-7-15/h8-11,15H,4-7,12-13H2,1-3H3,(H,20,21). The second-order valence-corrected chi connectivity index (χ2v) is 7.27. The first-order chi connectivity index (χ1) is 11.3. The fourth-order valence-electron chi connectivity index (χ4n) is 2.72. The SMILES string of the molecule is CC(C)(C)c1ccc(OCC(=O)OCC(=O)NC2CCCC2)cc1. The van der Waals surface area contributed by atoms with Crippen molar-refractivity contribution in [3.63, 3.8) is 0 Å². The number of nitrogens with one attached hydrogen (secondary N) is 1. The first-order valence-electron chi connectivity index (χ1n) is 8.53. The minimum atomic E-state index is -0.545. The van der Waals surface area contributed by atoms with Crippen LogP contribution in [0.1, 0.15) is 52.0 Å². The van der Waals surface area contributed by atoms with E-state index in [0.29, 0.717) is 5.75 Å². The van der Waals surface area contributed by atoms with E-state index in [0.717, 1.165) is 25.7 Å². The van der Waals surface area contributed by atoms with Crippen molar-refractivity contribution in [3.8, 4) is 5.75 Å². The Kier molecular flexibility index (Phi) is 6.23. The maximum absolute atomic E-state index is 11.7. The molecule has 0 bridgehead atoms. The van der Waals surface area contributed by atoms with Gasteiger partial charge in [0.15, 0.2) is 13.2 Å². The monoisotopic (exact) mass is 333 g/mol. The van der Waals surface area contributed by atoms with Gasteiger partial charge in [0.2, 0.25) is 0 Å². The summed E-state index contributed by atoms with van der Waals surface area (Å²) in [6.07, 6.45) is 4.31. The van der Waals surface area contributed by atoms with Crippen LogP contribution < -0.4 is 10.1 Å². The summed E-state index contributed by atoms with van der Waals surface area (Å²) in [6, 6.07) is 7.86. The van der Waals surface area contributed by atoms with Gasteiger partial charge in [-0.2, -0.15) is 0 Å². The molecular formula is C19H27NO4. The summed E-state index contributed by atoms with van der Waals surface area (Å²) in [7, 11) is 0. The Hall–Kier alpha value is -2.04. The number of amides is 1. The fourth-order valence-corrected chi connectivity index (χ4v) is 2.72. The van der Waals surface area contributed by atoms with E-state index in [-0.39, 0.29) is 30.6 Å². The minimum absolute atomic E-state index is 0.0736. The van der Waals surface area contributed by atoms with Crippen LogP contribution in [0.4, 0.5) is 0 Å². The molecule has 0 saturated heterocycles. The molecule has 24 heavy (non-hydrogen) atoms. The highest BCUT2D eigenvalue weighted by Crippen LogP contribution is 2.24. The van der Waals surface area contributed by atoms with Gasteiger partial charge in [-0.05, 0) is 36.0 Å². The normalized spacial score (nSPS) is 15.1. The van der Waals surface area contributed by atoms with E-state index in [1.54, 1.807) is 0 Å². The van der Waals surface area contributed by atoms with Gasteiger partial charge in [-0.3, -0.25) is 4.79 Å². The van der Waals surface area contributed by atoms with Gasteiger partial charge < -0.3 is 14.8 Å². The molecule has 1 aliphatic carbocycles. The largest absolute Gasteiger partial charge is 0.482 e. The highest BCUT2D eigenvalue weighted by atomic mass is 16.6. The van der Waals surface area contributed by atoms with Gasteiger partial charge >= 0.3 is 5.97 Å². The molecule has 0 aromatic heterocycles. The van der Waals surface area contributed by atoms with Crippen molar-refractivity contribution in [2.75, 3.05) is 13.2 Å². The van der Waals surface area contributed by atoms with Crippen LogP contribution in [0.3, 0.4) is 0 Å². The van der Waals surface area contributed by atoms with Crippen molar-refractivity contribution in [1.82, 2.24) is 5.32 Å². The van der Waals surface area contributed by atoms with Gasteiger partial charge in [-0.1, -0.05) is 45.7 Å². The molecule has 5 heteroatoms. The van der Waals surface area contributed by atoms with Crippen molar-refractivity contribution in [3.05, 3.63) is 29.8 Å². The summed E-state index contributed by atoms with van der Waals surface area (Å²) < 4.78 is 10.3. The molecule has 0 spiro atoms. The third-order valence-corrected chi connectivity index (χ3v) is 4.16. The number of carbonyl (C=O) groups excluding carboxylic acids is 2. The van der Waals surface area contributed by atoms with Crippen molar-refractivity contribution in [2.45, 2.75) is 57.9 Å². The molecule has 1 aromatic rings. The van der Waals surface area contributed by atoms with Crippen molar-refractivity contribution >= 4 is 11.9 Å². The molecule has 1 aromatic carbocycles. The van der Waals surface area contributed by atoms with Gasteiger partial charge in [-0.25, -0.2) is 4.79 Å². The van der Waals surface area contributed by atoms with E-state index in [9.17, 15) is 9.59 Å². The third-order valence-electron chi connectivity index (χ3n) is 4.16. The lowest BCUT2D eigenvalue weighted by Gasteiger charge is -2.19. The van der Waals surface area contributed by atoms with Gasteiger partial charge in [-0.15, -0.1) is 0 Å². The predicted octanol–water partition coefficient (Wildman–Crippen LogP) is 2.96. The van der Waals surface area contributed by atoms with Crippen molar-refractivity contribution in [2.24, 2.45) is 0 Å². The zero-order valence-electron chi connectivity index (χ0n) is 14.8. The number of benzene rings is 1. The second-order valence-electron chi connectivity index (χ2n) is 7.27. The van der Waals surface area contributed by atoms with E-state index in [1.165, 1.54) is 5.56 Å². The maximum Gasteiger partial charge on any atom is 0.344 e. The van der Waals surface area contributed by atoms with E-state index < -0.39 is 5.97 Å². The quantitative estimate of drug-likeness (QED) is 0.813. The highest BCUT2D eigenvalue weighted by Gasteiger charge is 2.18. The number of hydrogen-bond acceptors (Lipinski definition) is 4. The Bertz CT molecular complexity index is 554. The number of ether oxygens (including phenoxy) is 2. The molecule has 132 valence electrons. The average Bonchev–Trinajstić information content (AvgIpc) is 3.03. The van der Waals surface area contributed by atoms with Crippen LogP contribution in [0.15, 0.2) is 24.3 Å². The Balaban J connectivity index is 1.68. The number of rotatable bonds is 6. The summed E-state index contributed by atoms with van der Waals surface area (Å²) >= 11 is 0. The average molecular weight is 333 g/mol. The molecule has 1 amide bonds. The fraction of sp³-hybridized carbons (Fsp3) is 0.579. The lowest BCUT2D eigenvalue weighted by molar-refractivity contribution is -0.150. The molecule has 2 rings (SSSR count). The Morgan fingerprint density at radius 1 is 1.08 bits per heavy atom. The van der Waals surface area contributed by atoms with Gasteiger partial charge in [0.1, 0.15) is 5.75 Å². The number of carbonyl (C=O) groups is 2. The molecule has 1 fully saturated rings. The van der Waals surface area contributed by atoms with Crippen LogP contribution in [0.25, 0.3) is 0 Å². The predicted molar refractivity (Wildman–Crippen MR) is 92.0 cm³/mol. The third kappa shape index (κ3) is 5.87. The van der Waals surface area contributed by atoms with Crippen LogP contribution in [-0.4, -0.2) is 31.1 Å². The molecule has 0 aliphatic heterocycles. The summed E-state index contributed by atoms with van der Waals surface area (Å²) in [5.74, 6) is -0.184. The molecule has 0 radical (unpaired) electrons. The first-order valence-corrected chi connectivity index (χ1v) is 8.53. The summed E-state index contributed by atoms with van der Waals surface area (Å²) in [5, 5.41) is 2.87. The van der Waals surface area contributed by atoms with Crippen LogP contribution in [-0.2, 0) is 19.7 Å². The van der Waals surface area contributed by atoms with Crippen LogP contribution >= 0.6 is 0 Å². The molecule has 5 nitrogen and oxygen atoms in total. The highest BCUT2D eigenvalue weighted by molar-refractivity contribution is 5.81. The van der Waals surface area contributed by atoms with E-state index >= 15 is 0 Å². The number of esters is 1. The molecule has 0 unspecified atom stereocenters. The summed E-state index contributed by atoms with van der Waals surface area (Å²) in [6.45, 7) is 5.96. The zero-order chi connectivity index (χ0) is 17.6. The Morgan fingerprint density at radius 2 is 1.71 bits per heavy atom. The number of hydrogen-bond donors (Lipinski definition) is 1. The van der Waals surface area contributed by atoms with Crippen LogP contribution in [0, 0.1) is 0 Å². The zero-order valence-corrected chi connectivity index (χ0v) is 14.8. The molecular weight excluding hydrogens is 306 g/mol. The van der Waals surface area contributed by atoms with Gasteiger partial charge in [0.25, 0.3) is 5.91 Å². The van der Waals surface area contributed by atoms with Crippen LogP contribution in [0.2, 0.25) is 0 Å². The minimum Gasteiger partial charge on any atom is -0.482 e. The van der Waals surface area contributed by atoms with Crippen molar-refractivity contribution < 1.29 is 19.1 Å². The Morgan fingerprint density at radius 3 is 2.29 bits per heavy atom. The molecule has 0 atom stereocenters. The van der Waals surface area contributed by atoms with E-state index in [1.807, 2.05) is 24.3 Å². The molecule has 1 N–H and O–H groups in total. The Labute approximate surface area is 143 Å². The molecule has 0 heterocycles. The molecule has 1 saturated carbocycles. The topological polar surface area (TPSA) is 64.6 Å². The van der Waals surface area contributed by atoms with E-state index in [2.05, 4.69) is 26.1 Å². The summed E-state index contributed by atoms with van der Waals surface area (Å²) in [5.41, 5.74) is 1.27. The smallest absolute Gasteiger partial charge is 0.344 e. The maximum atomic E-state index is 11.7. The summed E-state index contributed by atoms with van der Waals surface area (Å²) in [4.78, 5) is 23.3. The van der Waals surface area contributed by atoms with Crippen molar-refractivity contribution in [1.29, 1.82) is 0 Å². The van der Waals surface area contributed by atoms with E-state index in [4.69, 9.17) is 9.47 Å². The second kappa shape index (κ2) is 8.18. The van der Waals surface area contributed by atoms with Crippen LogP contribution in [0.5, 0.6) is 5.75 Å². The lowest BCUT2D eigenvalue weighted by atomic mass is 9.87.